The minimum atomic E-state index is 0.0895. The lowest BCUT2D eigenvalue weighted by atomic mass is 10.2. The van der Waals surface area contributed by atoms with Crippen LogP contribution in [0.5, 0.6) is 0 Å². The fraction of sp³-hybridized carbons (Fsp3) is 0.105. The average molecular weight is 368 g/mol. The van der Waals surface area contributed by atoms with Crippen molar-refractivity contribution in [3.05, 3.63) is 59.6 Å². The van der Waals surface area contributed by atoms with E-state index in [1.165, 1.54) is 11.8 Å². The third-order valence-corrected chi connectivity index (χ3v) is 5.23. The van der Waals surface area contributed by atoms with Gasteiger partial charge in [0.1, 0.15) is 10.7 Å². The van der Waals surface area contributed by atoms with Crippen molar-refractivity contribution in [1.82, 2.24) is 14.4 Å². The number of carbonyl (C=O) groups excluding carboxylic acids is 1. The highest BCUT2D eigenvalue weighted by Crippen LogP contribution is 2.35. The van der Waals surface area contributed by atoms with Gasteiger partial charge in [-0.3, -0.25) is 9.20 Å². The Kier molecular flexibility index (Phi) is 4.19. The number of hydrogen-bond donors (Lipinski definition) is 0. The number of nitrogens with zero attached hydrogens (tertiary/aromatic N) is 3. The summed E-state index contributed by atoms with van der Waals surface area (Å²) in [4.78, 5) is 21.5. The van der Waals surface area contributed by atoms with Gasteiger partial charge in [0.25, 0.3) is 0 Å². The molecule has 0 spiro atoms. The second-order valence-corrected chi connectivity index (χ2v) is 7.01. The minimum absolute atomic E-state index is 0.0895. The predicted molar refractivity (Wildman–Crippen MR) is 102 cm³/mol. The van der Waals surface area contributed by atoms with Gasteiger partial charge in [0.05, 0.1) is 11.0 Å². The lowest BCUT2D eigenvalue weighted by molar-refractivity contribution is -0.110. The molecule has 0 N–H and O–H groups in total. The summed E-state index contributed by atoms with van der Waals surface area (Å²) >= 11 is 7.21. The number of fused-ring (bicyclic) bond motifs is 3. The molecule has 0 aliphatic carbocycles. The van der Waals surface area contributed by atoms with Crippen LogP contribution in [-0.4, -0.2) is 19.5 Å². The number of imidazole rings is 2. The number of carbonyl (C=O) groups is 1. The summed E-state index contributed by atoms with van der Waals surface area (Å²) in [5.41, 5.74) is 3.44. The van der Waals surface area contributed by atoms with Crippen LogP contribution in [0.4, 0.5) is 0 Å². The molecule has 0 saturated carbocycles. The Balaban J connectivity index is 2.02. The molecule has 2 aromatic heterocycles. The predicted octanol–water partition coefficient (Wildman–Crippen LogP) is 5.23. The van der Waals surface area contributed by atoms with Crippen molar-refractivity contribution >= 4 is 45.3 Å². The van der Waals surface area contributed by atoms with Gasteiger partial charge in [-0.1, -0.05) is 48.9 Å². The third-order valence-electron chi connectivity index (χ3n) is 3.89. The van der Waals surface area contributed by atoms with E-state index in [2.05, 4.69) is 4.98 Å². The Bertz CT molecular complexity index is 1090. The summed E-state index contributed by atoms with van der Waals surface area (Å²) in [5, 5.41) is 1.54. The summed E-state index contributed by atoms with van der Waals surface area (Å²) in [7, 11) is 0. The lowest BCUT2D eigenvalue weighted by Crippen LogP contribution is -1.92. The van der Waals surface area contributed by atoms with E-state index in [4.69, 9.17) is 16.6 Å². The zero-order valence-electron chi connectivity index (χ0n) is 13.4. The maximum absolute atomic E-state index is 12.2. The number of hydrogen-bond acceptors (Lipinski definition) is 4. The standard InChI is InChI=1S/C19H14ClN3OS/c1-2-16(24)25-18-17(12-8-10-13(20)11-9-12)22-19-21-14-6-4-3-5-7-15(14)23(18)19/h3-11H,2H2,1H3. The van der Waals surface area contributed by atoms with Crippen LogP contribution in [0.1, 0.15) is 13.3 Å². The van der Waals surface area contributed by atoms with Crippen molar-refractivity contribution in [2.45, 2.75) is 18.4 Å². The monoisotopic (exact) mass is 367 g/mol. The van der Waals surface area contributed by atoms with Gasteiger partial charge in [0.2, 0.25) is 5.78 Å². The van der Waals surface area contributed by atoms with Crippen molar-refractivity contribution in [1.29, 1.82) is 0 Å². The molecule has 0 radical (unpaired) electrons. The van der Waals surface area contributed by atoms with Crippen LogP contribution in [0.2, 0.25) is 5.02 Å². The van der Waals surface area contributed by atoms with E-state index >= 15 is 0 Å². The molecule has 4 aromatic rings. The summed E-state index contributed by atoms with van der Waals surface area (Å²) in [6, 6.07) is 17.3. The average Bonchev–Trinajstić information content (AvgIpc) is 3.03. The zero-order valence-corrected chi connectivity index (χ0v) is 15.0. The van der Waals surface area contributed by atoms with Crippen molar-refractivity contribution in [2.24, 2.45) is 0 Å². The van der Waals surface area contributed by atoms with Crippen LogP contribution < -0.4 is 0 Å². The molecule has 6 heteroatoms. The van der Waals surface area contributed by atoms with Gasteiger partial charge in [-0.2, -0.15) is 0 Å². The number of thioether (sulfide) groups is 1. The summed E-state index contributed by atoms with van der Waals surface area (Å²) in [6.07, 6.45) is 0.456. The largest absolute Gasteiger partial charge is 0.287 e. The Morgan fingerprint density at radius 2 is 1.84 bits per heavy atom. The maximum Gasteiger partial charge on any atom is 0.236 e. The zero-order chi connectivity index (χ0) is 17.4. The molecule has 25 heavy (non-hydrogen) atoms. The molecule has 0 saturated heterocycles. The molecular formula is C19H14ClN3OS. The fourth-order valence-electron chi connectivity index (χ4n) is 2.68. The first-order valence-corrected chi connectivity index (χ1v) is 9.10. The van der Waals surface area contributed by atoms with Gasteiger partial charge in [-0.15, -0.1) is 0 Å². The second kappa shape index (κ2) is 6.50. The van der Waals surface area contributed by atoms with Crippen LogP contribution in [-0.2, 0) is 4.79 Å². The van der Waals surface area contributed by atoms with E-state index in [-0.39, 0.29) is 5.12 Å². The van der Waals surface area contributed by atoms with Crippen LogP contribution in [0.25, 0.3) is 28.1 Å². The van der Waals surface area contributed by atoms with Gasteiger partial charge >= 0.3 is 0 Å². The highest BCUT2D eigenvalue weighted by Gasteiger charge is 2.20. The molecule has 0 amide bonds. The molecule has 0 aliphatic heterocycles. The van der Waals surface area contributed by atoms with Crippen LogP contribution in [0.3, 0.4) is 0 Å². The van der Waals surface area contributed by atoms with Crippen molar-refractivity contribution < 1.29 is 4.79 Å². The molecule has 0 fully saturated rings. The first kappa shape index (κ1) is 16.1. The van der Waals surface area contributed by atoms with E-state index in [0.717, 1.165) is 27.3 Å². The third kappa shape index (κ3) is 2.90. The number of benzene rings is 1. The number of rotatable bonds is 3. The number of halogens is 1. The quantitative estimate of drug-likeness (QED) is 0.465. The molecule has 124 valence electrons. The Morgan fingerprint density at radius 1 is 1.08 bits per heavy atom. The first-order valence-electron chi connectivity index (χ1n) is 7.91. The fourth-order valence-corrected chi connectivity index (χ4v) is 3.69. The van der Waals surface area contributed by atoms with E-state index < -0.39 is 0 Å². The molecule has 4 rings (SSSR count). The van der Waals surface area contributed by atoms with Crippen LogP contribution in [0.15, 0.2) is 59.6 Å². The van der Waals surface area contributed by atoms with Crippen LogP contribution >= 0.6 is 23.4 Å². The van der Waals surface area contributed by atoms with E-state index in [1.54, 1.807) is 0 Å². The second-order valence-electron chi connectivity index (χ2n) is 5.53. The highest BCUT2D eigenvalue weighted by atomic mass is 35.5. The van der Waals surface area contributed by atoms with E-state index in [9.17, 15) is 4.79 Å². The molecular weight excluding hydrogens is 354 g/mol. The SMILES string of the molecule is CCC(=O)Sc1c(-c2ccc(Cl)cc2)nc2nc3cccccc3n12. The van der Waals surface area contributed by atoms with Gasteiger partial charge < -0.3 is 0 Å². The van der Waals surface area contributed by atoms with Gasteiger partial charge in [0.15, 0.2) is 5.12 Å². The Hall–Kier alpha value is -2.37. The molecule has 0 bridgehead atoms. The van der Waals surface area contributed by atoms with Crippen molar-refractivity contribution in [2.75, 3.05) is 0 Å². The normalized spacial score (nSPS) is 11.3. The van der Waals surface area contributed by atoms with Gasteiger partial charge in [-0.05, 0) is 36.0 Å². The molecule has 4 nitrogen and oxygen atoms in total. The lowest BCUT2D eigenvalue weighted by Gasteiger charge is -2.03. The highest BCUT2D eigenvalue weighted by molar-refractivity contribution is 8.13. The maximum atomic E-state index is 12.2. The van der Waals surface area contributed by atoms with E-state index in [1.807, 2.05) is 65.9 Å². The van der Waals surface area contributed by atoms with Gasteiger partial charge in [0, 0.05) is 17.0 Å². The van der Waals surface area contributed by atoms with Crippen molar-refractivity contribution in [3.8, 4) is 11.3 Å². The topological polar surface area (TPSA) is 47.3 Å². The summed E-state index contributed by atoms with van der Waals surface area (Å²) < 4.78 is 1.96. The first-order chi connectivity index (χ1) is 12.2. The Morgan fingerprint density at radius 3 is 2.60 bits per heavy atom. The minimum Gasteiger partial charge on any atom is -0.287 e. The summed E-state index contributed by atoms with van der Waals surface area (Å²) in [5.74, 6) is 0.595. The molecule has 0 atom stereocenters. The smallest absolute Gasteiger partial charge is 0.236 e. The molecule has 0 unspecified atom stereocenters. The van der Waals surface area contributed by atoms with Gasteiger partial charge in [-0.25, -0.2) is 9.97 Å². The van der Waals surface area contributed by atoms with Crippen molar-refractivity contribution in [3.63, 3.8) is 0 Å². The molecule has 2 aromatic carbocycles. The molecule has 0 aliphatic rings. The van der Waals surface area contributed by atoms with E-state index in [0.29, 0.717) is 17.2 Å². The molecule has 2 heterocycles. The Labute approximate surface area is 153 Å². The number of aromatic nitrogens is 3. The van der Waals surface area contributed by atoms with Crippen LogP contribution in [0, 0.1) is 0 Å². The summed E-state index contributed by atoms with van der Waals surface area (Å²) in [6.45, 7) is 1.86.